The number of carboxylic acids is 1. The van der Waals surface area contributed by atoms with Crippen molar-refractivity contribution in [3.05, 3.63) is 64.7 Å². The Morgan fingerprint density at radius 3 is 2.35 bits per heavy atom. The molecule has 2 aliphatic rings. The van der Waals surface area contributed by atoms with Crippen molar-refractivity contribution >= 4 is 18.0 Å². The third kappa shape index (κ3) is 4.43. The summed E-state index contributed by atoms with van der Waals surface area (Å²) in [5.74, 6) is 1.21. The van der Waals surface area contributed by atoms with Crippen LogP contribution in [0.5, 0.6) is 11.5 Å². The fourth-order valence-corrected chi connectivity index (χ4v) is 4.89. The molecule has 3 atom stereocenters. The monoisotopic (exact) mass is 421 g/mol. The largest absolute Gasteiger partial charge is 0.497 e. The minimum Gasteiger partial charge on any atom is -0.497 e. The van der Waals surface area contributed by atoms with E-state index >= 15 is 0 Å². The molecular formula is C25H27NO5. The van der Waals surface area contributed by atoms with E-state index in [1.54, 1.807) is 38.5 Å². The predicted octanol–water partition coefficient (Wildman–Crippen LogP) is 4.15. The van der Waals surface area contributed by atoms with Crippen molar-refractivity contribution in [3.8, 4) is 11.5 Å². The summed E-state index contributed by atoms with van der Waals surface area (Å²) in [6, 6.07) is 12.4. The van der Waals surface area contributed by atoms with Crippen molar-refractivity contribution in [1.29, 1.82) is 0 Å². The van der Waals surface area contributed by atoms with Crippen molar-refractivity contribution in [1.82, 2.24) is 5.32 Å². The fraction of sp³-hybridized carbons (Fsp3) is 0.360. The van der Waals surface area contributed by atoms with E-state index in [1.807, 2.05) is 18.2 Å². The number of methoxy groups -OCH3 is 2. The van der Waals surface area contributed by atoms with Gasteiger partial charge in [-0.25, -0.2) is 4.79 Å². The maximum Gasteiger partial charge on any atom is 0.335 e. The van der Waals surface area contributed by atoms with Crippen molar-refractivity contribution in [2.45, 2.75) is 25.8 Å². The Labute approximate surface area is 181 Å². The maximum atomic E-state index is 13.1. The van der Waals surface area contributed by atoms with Gasteiger partial charge in [0.15, 0.2) is 0 Å². The minimum absolute atomic E-state index is 0.0376. The van der Waals surface area contributed by atoms with Gasteiger partial charge < -0.3 is 19.9 Å². The molecule has 0 heterocycles. The molecule has 2 aliphatic carbocycles. The summed E-state index contributed by atoms with van der Waals surface area (Å²) in [6.07, 6.45) is 5.38. The van der Waals surface area contributed by atoms with Crippen LogP contribution in [0.25, 0.3) is 6.08 Å². The number of carbonyl (C=O) groups is 2. The zero-order valence-electron chi connectivity index (χ0n) is 17.8. The van der Waals surface area contributed by atoms with E-state index in [1.165, 1.54) is 5.57 Å². The molecule has 6 nitrogen and oxygen atoms in total. The lowest BCUT2D eigenvalue weighted by molar-refractivity contribution is -0.125. The second-order valence-electron chi connectivity index (χ2n) is 8.26. The summed E-state index contributed by atoms with van der Waals surface area (Å²) < 4.78 is 10.8. The molecule has 2 N–H and O–H groups in total. The number of carbonyl (C=O) groups excluding carboxylic acids is 1. The van der Waals surface area contributed by atoms with E-state index in [2.05, 4.69) is 11.4 Å². The van der Waals surface area contributed by atoms with Gasteiger partial charge in [-0.1, -0.05) is 23.8 Å². The summed E-state index contributed by atoms with van der Waals surface area (Å²) in [4.78, 5) is 24.1. The first-order valence-electron chi connectivity index (χ1n) is 10.5. The number of carboxylic acid groups (broad SMARTS) is 1. The van der Waals surface area contributed by atoms with Gasteiger partial charge in [0, 0.05) is 12.6 Å². The van der Waals surface area contributed by atoms with Gasteiger partial charge in [-0.15, -0.1) is 0 Å². The Kier molecular flexibility index (Phi) is 5.98. The van der Waals surface area contributed by atoms with Gasteiger partial charge in [0.25, 0.3) is 0 Å². The third-order valence-electron chi connectivity index (χ3n) is 6.43. The Balaban J connectivity index is 1.52. The number of ether oxygens (including phenoxy) is 2. The van der Waals surface area contributed by atoms with Crippen molar-refractivity contribution in [2.24, 2.45) is 17.8 Å². The number of fused-ring (bicyclic) bond motifs is 2. The number of rotatable bonds is 7. The van der Waals surface area contributed by atoms with Crippen molar-refractivity contribution in [2.75, 3.05) is 14.2 Å². The average Bonchev–Trinajstić information content (AvgIpc) is 3.39. The van der Waals surface area contributed by atoms with Crippen LogP contribution in [0.3, 0.4) is 0 Å². The normalized spacial score (nSPS) is 23.0. The van der Waals surface area contributed by atoms with E-state index in [-0.39, 0.29) is 17.4 Å². The fourth-order valence-electron chi connectivity index (χ4n) is 4.89. The highest BCUT2D eigenvalue weighted by Crippen LogP contribution is 2.52. The lowest BCUT2D eigenvalue weighted by Crippen LogP contribution is -2.34. The smallest absolute Gasteiger partial charge is 0.335 e. The lowest BCUT2D eigenvalue weighted by atomic mass is 9.82. The zero-order valence-corrected chi connectivity index (χ0v) is 17.8. The average molecular weight is 421 g/mol. The molecule has 162 valence electrons. The zero-order chi connectivity index (χ0) is 22.0. The summed E-state index contributed by atoms with van der Waals surface area (Å²) in [5.41, 5.74) is 3.28. The molecule has 0 spiro atoms. The van der Waals surface area contributed by atoms with Gasteiger partial charge in [0.05, 0.1) is 25.7 Å². The third-order valence-corrected chi connectivity index (χ3v) is 6.43. The molecule has 0 saturated heterocycles. The van der Waals surface area contributed by atoms with Gasteiger partial charge in [-0.2, -0.15) is 0 Å². The lowest BCUT2D eigenvalue weighted by Gasteiger charge is -2.24. The van der Waals surface area contributed by atoms with Crippen LogP contribution in [0.1, 0.15) is 40.7 Å². The first-order chi connectivity index (χ1) is 15.0. The van der Waals surface area contributed by atoms with Crippen LogP contribution in [-0.2, 0) is 11.3 Å². The molecule has 0 radical (unpaired) electrons. The number of benzene rings is 2. The van der Waals surface area contributed by atoms with E-state index in [9.17, 15) is 9.59 Å². The Bertz CT molecular complexity index is 989. The van der Waals surface area contributed by atoms with E-state index in [0.717, 1.165) is 41.9 Å². The first kappa shape index (κ1) is 21.0. The van der Waals surface area contributed by atoms with Crippen LogP contribution in [-0.4, -0.2) is 31.2 Å². The molecule has 0 aromatic heterocycles. The molecule has 1 amide bonds. The van der Waals surface area contributed by atoms with Crippen molar-refractivity contribution < 1.29 is 24.2 Å². The van der Waals surface area contributed by atoms with Gasteiger partial charge in [-0.05, 0) is 66.5 Å². The van der Waals surface area contributed by atoms with Crippen LogP contribution in [0.2, 0.25) is 0 Å². The summed E-state index contributed by atoms with van der Waals surface area (Å²) in [5, 5.41) is 12.1. The molecule has 2 aromatic carbocycles. The first-order valence-corrected chi connectivity index (χ1v) is 10.5. The molecular weight excluding hydrogens is 394 g/mol. The van der Waals surface area contributed by atoms with Crippen molar-refractivity contribution in [3.63, 3.8) is 0 Å². The molecule has 2 aromatic rings. The van der Waals surface area contributed by atoms with Gasteiger partial charge in [-0.3, -0.25) is 4.79 Å². The second kappa shape index (κ2) is 8.84. The maximum absolute atomic E-state index is 13.1. The molecule has 0 unspecified atom stereocenters. The molecule has 2 saturated carbocycles. The number of nitrogens with one attached hydrogen (secondary N) is 1. The number of amides is 1. The van der Waals surface area contributed by atoms with Crippen LogP contribution in [0.15, 0.2) is 48.0 Å². The summed E-state index contributed by atoms with van der Waals surface area (Å²) >= 11 is 0. The SMILES string of the molecule is COc1cc(/C=C2\[C@@H]3CC[C@@H](C3)[C@H]2C(=O)NCc2ccc(C(=O)O)cc2)cc(OC)c1. The summed E-state index contributed by atoms with van der Waals surface area (Å²) in [7, 11) is 3.25. The standard InChI is InChI=1S/C25H27NO5/c1-30-20-9-16(10-21(13-20)31-2)11-22-18-7-8-19(12-18)23(22)24(27)26-14-15-3-5-17(6-4-15)25(28)29/h3-6,9-11,13,18-19,23H,7-8,12,14H2,1-2H3,(H,26,27)(H,28,29)/b22-11+/t18-,19+,23-/m1/s1. The Morgan fingerprint density at radius 1 is 1.06 bits per heavy atom. The quantitative estimate of drug-likeness (QED) is 0.702. The number of hydrogen-bond donors (Lipinski definition) is 2. The number of aromatic carboxylic acids is 1. The highest BCUT2D eigenvalue weighted by atomic mass is 16.5. The molecule has 4 rings (SSSR count). The van der Waals surface area contributed by atoms with Gasteiger partial charge in [0.2, 0.25) is 5.91 Å². The summed E-state index contributed by atoms with van der Waals surface area (Å²) in [6.45, 7) is 0.382. The van der Waals surface area contributed by atoms with Crippen LogP contribution in [0, 0.1) is 17.8 Å². The minimum atomic E-state index is -0.957. The Morgan fingerprint density at radius 2 is 1.74 bits per heavy atom. The van der Waals surface area contributed by atoms with E-state index in [4.69, 9.17) is 14.6 Å². The molecule has 6 heteroatoms. The predicted molar refractivity (Wildman–Crippen MR) is 117 cm³/mol. The highest BCUT2D eigenvalue weighted by molar-refractivity contribution is 5.87. The van der Waals surface area contributed by atoms with Crippen LogP contribution < -0.4 is 14.8 Å². The van der Waals surface area contributed by atoms with Gasteiger partial charge >= 0.3 is 5.97 Å². The van der Waals surface area contributed by atoms with E-state index < -0.39 is 5.97 Å². The molecule has 2 fully saturated rings. The Hall–Kier alpha value is -3.28. The molecule has 2 bridgehead atoms. The van der Waals surface area contributed by atoms with Crippen LogP contribution in [0.4, 0.5) is 0 Å². The highest BCUT2D eigenvalue weighted by Gasteiger charge is 2.46. The topological polar surface area (TPSA) is 84.9 Å². The molecule has 0 aliphatic heterocycles. The van der Waals surface area contributed by atoms with Gasteiger partial charge in [0.1, 0.15) is 11.5 Å². The molecule has 31 heavy (non-hydrogen) atoms. The van der Waals surface area contributed by atoms with E-state index in [0.29, 0.717) is 18.4 Å². The van der Waals surface area contributed by atoms with Crippen LogP contribution >= 0.6 is 0 Å². The second-order valence-corrected chi connectivity index (χ2v) is 8.26. The number of hydrogen-bond acceptors (Lipinski definition) is 4.